The molecule has 2 fully saturated rings. The van der Waals surface area contributed by atoms with Crippen LogP contribution in [-0.2, 0) is 31.0 Å². The third kappa shape index (κ3) is 4.33. The molecule has 2 aliphatic heterocycles. The molecular weight excluding hydrogens is 388 g/mol. The Morgan fingerprint density at radius 3 is 2.63 bits per heavy atom. The fourth-order valence-electron chi connectivity index (χ4n) is 3.80. The Hall–Kier alpha value is -2.49. The summed E-state index contributed by atoms with van der Waals surface area (Å²) in [5.74, 6) is 0. The maximum atomic E-state index is 12.4. The average Bonchev–Trinajstić information content (AvgIpc) is 3.39. The molecule has 162 valence electrons. The first-order valence-corrected chi connectivity index (χ1v) is 10.1. The van der Waals surface area contributed by atoms with Crippen LogP contribution in [0, 0.1) is 0 Å². The van der Waals surface area contributed by atoms with Crippen molar-refractivity contribution in [1.82, 2.24) is 15.0 Å². The molecule has 0 bridgehead atoms. The summed E-state index contributed by atoms with van der Waals surface area (Å²) in [7, 11) is 1.61. The standard InChI is InChI=1S/C21H28N4O5/c1-21(2,3)13-5-7-14(8-6-13)22-20(26)30-17-12-29-18-16(11-28-19(17)18)25-9-15(10-27-4)23-24-25/h5-9,16-19H,10-12H2,1-4H3,(H,22,26)/t16-,17-,18-,19+/m0/s1. The van der Waals surface area contributed by atoms with Gasteiger partial charge in [-0.25, -0.2) is 9.48 Å². The minimum absolute atomic E-state index is 0.0556. The summed E-state index contributed by atoms with van der Waals surface area (Å²) < 4.78 is 24.2. The molecule has 1 amide bonds. The van der Waals surface area contributed by atoms with E-state index in [4.69, 9.17) is 18.9 Å². The molecule has 2 aromatic rings. The summed E-state index contributed by atoms with van der Waals surface area (Å²) in [5.41, 5.74) is 2.67. The molecule has 0 spiro atoms. The van der Waals surface area contributed by atoms with Crippen LogP contribution >= 0.6 is 0 Å². The molecule has 9 heteroatoms. The van der Waals surface area contributed by atoms with Crippen LogP contribution in [0.25, 0.3) is 0 Å². The fraction of sp³-hybridized carbons (Fsp3) is 0.571. The number of carbonyl (C=O) groups is 1. The Kier molecular flexibility index (Phi) is 5.77. The highest BCUT2D eigenvalue weighted by molar-refractivity contribution is 5.84. The number of methoxy groups -OCH3 is 1. The largest absolute Gasteiger partial charge is 0.441 e. The highest BCUT2D eigenvalue weighted by atomic mass is 16.6. The van der Waals surface area contributed by atoms with Crippen LogP contribution in [0.15, 0.2) is 30.5 Å². The molecule has 1 N–H and O–H groups in total. The number of ether oxygens (including phenoxy) is 4. The van der Waals surface area contributed by atoms with Gasteiger partial charge in [-0.05, 0) is 23.1 Å². The highest BCUT2D eigenvalue weighted by Gasteiger charge is 2.50. The number of hydrogen-bond acceptors (Lipinski definition) is 7. The number of benzene rings is 1. The number of hydrogen-bond donors (Lipinski definition) is 1. The van der Waals surface area contributed by atoms with E-state index in [1.807, 2.05) is 30.5 Å². The molecule has 9 nitrogen and oxygen atoms in total. The monoisotopic (exact) mass is 416 g/mol. The van der Waals surface area contributed by atoms with Gasteiger partial charge in [0.2, 0.25) is 0 Å². The van der Waals surface area contributed by atoms with Crippen LogP contribution in [0.5, 0.6) is 0 Å². The van der Waals surface area contributed by atoms with Crippen molar-refractivity contribution in [2.24, 2.45) is 0 Å². The van der Waals surface area contributed by atoms with Crippen LogP contribution in [0.1, 0.15) is 38.1 Å². The van der Waals surface area contributed by atoms with E-state index in [9.17, 15) is 4.79 Å². The molecule has 3 heterocycles. The second kappa shape index (κ2) is 8.33. The van der Waals surface area contributed by atoms with E-state index < -0.39 is 12.2 Å². The van der Waals surface area contributed by atoms with E-state index >= 15 is 0 Å². The minimum Gasteiger partial charge on any atom is -0.441 e. The van der Waals surface area contributed by atoms with Crippen molar-refractivity contribution in [3.8, 4) is 0 Å². The van der Waals surface area contributed by atoms with Crippen LogP contribution < -0.4 is 5.32 Å². The zero-order valence-corrected chi connectivity index (χ0v) is 17.7. The van der Waals surface area contributed by atoms with Crippen molar-refractivity contribution in [1.29, 1.82) is 0 Å². The molecule has 0 unspecified atom stereocenters. The molecule has 4 atom stereocenters. The molecule has 0 radical (unpaired) electrons. The summed E-state index contributed by atoms with van der Waals surface area (Å²) in [6.45, 7) is 7.53. The average molecular weight is 416 g/mol. The third-order valence-electron chi connectivity index (χ3n) is 5.43. The SMILES string of the molecule is COCc1cn([C@H]2CO[C@H]3[C@H]2OC[C@@H]3OC(=O)Nc2ccc(C(C)(C)C)cc2)nn1. The number of rotatable bonds is 5. The van der Waals surface area contributed by atoms with Gasteiger partial charge >= 0.3 is 6.09 Å². The summed E-state index contributed by atoms with van der Waals surface area (Å²) in [6, 6.07) is 7.64. The van der Waals surface area contributed by atoms with Gasteiger partial charge in [0, 0.05) is 12.8 Å². The van der Waals surface area contributed by atoms with E-state index in [0.29, 0.717) is 18.9 Å². The van der Waals surface area contributed by atoms with E-state index in [0.717, 1.165) is 5.69 Å². The molecule has 1 aromatic heterocycles. The van der Waals surface area contributed by atoms with Crippen molar-refractivity contribution in [3.63, 3.8) is 0 Å². The molecule has 0 aliphatic carbocycles. The van der Waals surface area contributed by atoms with Crippen LogP contribution in [0.2, 0.25) is 0 Å². The van der Waals surface area contributed by atoms with Crippen molar-refractivity contribution >= 4 is 11.8 Å². The molecule has 1 aromatic carbocycles. The van der Waals surface area contributed by atoms with Crippen LogP contribution in [-0.4, -0.2) is 59.7 Å². The van der Waals surface area contributed by atoms with Gasteiger partial charge in [0.25, 0.3) is 0 Å². The second-order valence-corrected chi connectivity index (χ2v) is 8.68. The number of nitrogens with zero attached hydrogens (tertiary/aromatic N) is 3. The summed E-state index contributed by atoms with van der Waals surface area (Å²) in [5, 5.41) is 11.0. The number of aromatic nitrogens is 3. The molecule has 30 heavy (non-hydrogen) atoms. The Morgan fingerprint density at radius 2 is 1.93 bits per heavy atom. The smallest absolute Gasteiger partial charge is 0.412 e. The zero-order chi connectivity index (χ0) is 21.3. The van der Waals surface area contributed by atoms with Gasteiger partial charge in [0.1, 0.15) is 23.9 Å². The van der Waals surface area contributed by atoms with Gasteiger partial charge in [-0.3, -0.25) is 5.32 Å². The second-order valence-electron chi connectivity index (χ2n) is 8.68. The Bertz CT molecular complexity index is 876. The van der Waals surface area contributed by atoms with Crippen molar-refractivity contribution < 1.29 is 23.7 Å². The summed E-state index contributed by atoms with van der Waals surface area (Å²) in [4.78, 5) is 12.4. The lowest BCUT2D eigenvalue weighted by atomic mass is 9.87. The topological polar surface area (TPSA) is 96.7 Å². The Morgan fingerprint density at radius 1 is 1.20 bits per heavy atom. The van der Waals surface area contributed by atoms with E-state index in [1.54, 1.807) is 11.8 Å². The third-order valence-corrected chi connectivity index (χ3v) is 5.43. The van der Waals surface area contributed by atoms with Gasteiger partial charge in [-0.2, -0.15) is 0 Å². The van der Waals surface area contributed by atoms with E-state index in [2.05, 4.69) is 36.4 Å². The minimum atomic E-state index is -0.525. The fourth-order valence-corrected chi connectivity index (χ4v) is 3.80. The van der Waals surface area contributed by atoms with Gasteiger partial charge in [0.05, 0.1) is 26.0 Å². The van der Waals surface area contributed by atoms with Crippen molar-refractivity contribution in [3.05, 3.63) is 41.7 Å². The summed E-state index contributed by atoms with van der Waals surface area (Å²) >= 11 is 0. The first kappa shape index (κ1) is 20.8. The van der Waals surface area contributed by atoms with Gasteiger partial charge in [-0.1, -0.05) is 38.1 Å². The lowest BCUT2D eigenvalue weighted by Gasteiger charge is -2.20. The maximum Gasteiger partial charge on any atom is 0.412 e. The quantitative estimate of drug-likeness (QED) is 0.800. The lowest BCUT2D eigenvalue weighted by Crippen LogP contribution is -2.34. The normalized spacial score (nSPS) is 25.9. The maximum absolute atomic E-state index is 12.4. The summed E-state index contributed by atoms with van der Waals surface area (Å²) in [6.07, 6.45) is 0.245. The van der Waals surface area contributed by atoms with Gasteiger partial charge in [-0.15, -0.1) is 5.10 Å². The first-order valence-electron chi connectivity index (χ1n) is 10.1. The highest BCUT2D eigenvalue weighted by Crippen LogP contribution is 2.35. The molecule has 0 saturated carbocycles. The van der Waals surface area contributed by atoms with E-state index in [-0.39, 0.29) is 30.3 Å². The van der Waals surface area contributed by atoms with Crippen LogP contribution in [0.4, 0.5) is 10.5 Å². The molecular formula is C21H28N4O5. The first-order chi connectivity index (χ1) is 14.3. The van der Waals surface area contributed by atoms with Crippen molar-refractivity contribution in [2.75, 3.05) is 25.6 Å². The predicted molar refractivity (Wildman–Crippen MR) is 108 cm³/mol. The number of fused-ring (bicyclic) bond motifs is 1. The molecule has 4 rings (SSSR count). The Balaban J connectivity index is 1.33. The zero-order valence-electron chi connectivity index (χ0n) is 17.7. The van der Waals surface area contributed by atoms with Gasteiger partial charge < -0.3 is 18.9 Å². The Labute approximate surface area is 175 Å². The van der Waals surface area contributed by atoms with Crippen molar-refractivity contribution in [2.45, 2.75) is 57.1 Å². The van der Waals surface area contributed by atoms with E-state index in [1.165, 1.54) is 5.56 Å². The molecule has 2 saturated heterocycles. The lowest BCUT2D eigenvalue weighted by molar-refractivity contribution is 0.00770. The number of amides is 1. The number of anilines is 1. The van der Waals surface area contributed by atoms with Gasteiger partial charge in [0.15, 0.2) is 6.10 Å². The predicted octanol–water partition coefficient (Wildman–Crippen LogP) is 2.68. The molecule has 2 aliphatic rings. The van der Waals surface area contributed by atoms with Crippen LogP contribution in [0.3, 0.4) is 0 Å². The number of nitrogens with one attached hydrogen (secondary N) is 1. The number of carbonyl (C=O) groups excluding carboxylic acids is 1.